The average molecular weight is 421 g/mol. The molecule has 0 saturated heterocycles. The standard InChI is InChI=1S/C15H12BrF3N2O2S/c1-23-11-6-8-4-5-21(10(8)7-9(11)15(17,18)19)14(22)20-13-3-2-12(16)24-13/h2-3,6-7H,4-5H2,1H3,(H,20,22). The Bertz CT molecular complexity index is 792. The summed E-state index contributed by atoms with van der Waals surface area (Å²) in [5.74, 6) is -0.231. The summed E-state index contributed by atoms with van der Waals surface area (Å²) in [6.07, 6.45) is -4.07. The Morgan fingerprint density at radius 2 is 2.12 bits per heavy atom. The van der Waals surface area contributed by atoms with Crippen LogP contribution in [0, 0.1) is 0 Å². The van der Waals surface area contributed by atoms with E-state index in [1.54, 1.807) is 12.1 Å². The second-order valence-corrected chi connectivity index (χ2v) is 7.58. The van der Waals surface area contributed by atoms with E-state index in [4.69, 9.17) is 4.74 Å². The molecule has 2 heterocycles. The number of hydrogen-bond acceptors (Lipinski definition) is 3. The number of nitrogens with zero attached hydrogens (tertiary/aromatic N) is 1. The molecule has 1 aromatic heterocycles. The predicted molar refractivity (Wildman–Crippen MR) is 90.1 cm³/mol. The highest BCUT2D eigenvalue weighted by Crippen LogP contribution is 2.42. The molecule has 1 aliphatic rings. The Balaban J connectivity index is 1.92. The smallest absolute Gasteiger partial charge is 0.420 e. The van der Waals surface area contributed by atoms with E-state index >= 15 is 0 Å². The van der Waals surface area contributed by atoms with Crippen LogP contribution in [0.2, 0.25) is 0 Å². The number of carbonyl (C=O) groups excluding carboxylic acids is 1. The van der Waals surface area contributed by atoms with Crippen LogP contribution in [0.5, 0.6) is 5.75 Å². The van der Waals surface area contributed by atoms with Crippen LogP contribution in [0.3, 0.4) is 0 Å². The van der Waals surface area contributed by atoms with Crippen LogP contribution < -0.4 is 15.0 Å². The molecule has 1 aliphatic heterocycles. The normalized spacial score (nSPS) is 13.8. The highest BCUT2D eigenvalue weighted by atomic mass is 79.9. The zero-order chi connectivity index (χ0) is 17.5. The third kappa shape index (κ3) is 3.23. The minimum Gasteiger partial charge on any atom is -0.496 e. The summed E-state index contributed by atoms with van der Waals surface area (Å²) < 4.78 is 45.2. The number of ether oxygens (including phenoxy) is 1. The third-order valence-electron chi connectivity index (χ3n) is 3.65. The zero-order valence-electron chi connectivity index (χ0n) is 12.4. The Morgan fingerprint density at radius 3 is 2.71 bits per heavy atom. The van der Waals surface area contributed by atoms with Crippen LogP contribution in [0.25, 0.3) is 0 Å². The maximum atomic E-state index is 13.2. The number of amides is 2. The SMILES string of the molecule is COc1cc2c(cc1C(F)(F)F)N(C(=O)Nc1ccc(Br)s1)CC2. The molecule has 0 spiro atoms. The van der Waals surface area contributed by atoms with Gasteiger partial charge in [-0.15, -0.1) is 11.3 Å². The molecule has 0 unspecified atom stereocenters. The molecule has 4 nitrogen and oxygen atoms in total. The van der Waals surface area contributed by atoms with Gasteiger partial charge in [0.25, 0.3) is 0 Å². The molecule has 128 valence electrons. The van der Waals surface area contributed by atoms with Gasteiger partial charge >= 0.3 is 12.2 Å². The lowest BCUT2D eigenvalue weighted by Gasteiger charge is -2.20. The molecule has 9 heteroatoms. The van der Waals surface area contributed by atoms with E-state index in [0.29, 0.717) is 23.5 Å². The van der Waals surface area contributed by atoms with Crippen molar-refractivity contribution in [2.75, 3.05) is 23.9 Å². The minimum atomic E-state index is -4.55. The molecule has 3 rings (SSSR count). The van der Waals surface area contributed by atoms with Gasteiger partial charge in [-0.1, -0.05) is 0 Å². The van der Waals surface area contributed by atoms with Gasteiger partial charge in [0, 0.05) is 12.2 Å². The van der Waals surface area contributed by atoms with Crippen molar-refractivity contribution in [3.8, 4) is 5.75 Å². The zero-order valence-corrected chi connectivity index (χ0v) is 14.8. The second kappa shape index (κ2) is 6.29. The fourth-order valence-electron chi connectivity index (χ4n) is 2.57. The van der Waals surface area contributed by atoms with Gasteiger partial charge in [0.05, 0.1) is 21.5 Å². The predicted octanol–water partition coefficient (Wildman–Crippen LogP) is 5.13. The van der Waals surface area contributed by atoms with Crippen LogP contribution in [0.1, 0.15) is 11.1 Å². The molecule has 0 atom stereocenters. The maximum Gasteiger partial charge on any atom is 0.420 e. The minimum absolute atomic E-state index is 0.231. The summed E-state index contributed by atoms with van der Waals surface area (Å²) in [4.78, 5) is 13.7. The van der Waals surface area contributed by atoms with Gasteiger partial charge in [-0.25, -0.2) is 4.79 Å². The fraction of sp³-hybridized carbons (Fsp3) is 0.267. The molecular formula is C15H12BrF3N2O2S. The monoisotopic (exact) mass is 420 g/mol. The maximum absolute atomic E-state index is 13.2. The Labute approximate surface area is 148 Å². The molecule has 0 fully saturated rings. The largest absolute Gasteiger partial charge is 0.496 e. The van der Waals surface area contributed by atoms with E-state index in [-0.39, 0.29) is 11.4 Å². The van der Waals surface area contributed by atoms with E-state index in [0.717, 1.165) is 9.85 Å². The summed E-state index contributed by atoms with van der Waals surface area (Å²) in [6, 6.07) is 5.38. The molecule has 2 amide bonds. The molecule has 0 saturated carbocycles. The van der Waals surface area contributed by atoms with Gasteiger partial charge in [0.15, 0.2) is 0 Å². The van der Waals surface area contributed by atoms with Gasteiger partial charge in [-0.05, 0) is 52.2 Å². The number of rotatable bonds is 2. The summed E-state index contributed by atoms with van der Waals surface area (Å²) in [5, 5.41) is 3.31. The lowest BCUT2D eigenvalue weighted by molar-refractivity contribution is -0.138. The Morgan fingerprint density at radius 1 is 1.38 bits per heavy atom. The number of nitrogens with one attached hydrogen (secondary N) is 1. The quantitative estimate of drug-likeness (QED) is 0.731. The molecule has 1 N–H and O–H groups in total. The summed E-state index contributed by atoms with van der Waals surface area (Å²) >= 11 is 4.62. The summed E-state index contributed by atoms with van der Waals surface area (Å²) in [5.41, 5.74) is 0.0286. The van der Waals surface area contributed by atoms with Gasteiger partial charge in [0.1, 0.15) is 5.75 Å². The number of urea groups is 1. The summed E-state index contributed by atoms with van der Waals surface area (Å²) in [6.45, 7) is 0.318. The van der Waals surface area contributed by atoms with Crippen LogP contribution in [0.4, 0.5) is 28.7 Å². The van der Waals surface area contributed by atoms with Crippen LogP contribution in [0.15, 0.2) is 28.1 Å². The molecule has 2 aromatic rings. The Kier molecular flexibility index (Phi) is 4.48. The van der Waals surface area contributed by atoms with Crippen molar-refractivity contribution in [2.45, 2.75) is 12.6 Å². The molecule has 0 radical (unpaired) electrons. The van der Waals surface area contributed by atoms with Crippen molar-refractivity contribution in [3.63, 3.8) is 0 Å². The van der Waals surface area contributed by atoms with Crippen molar-refractivity contribution in [3.05, 3.63) is 39.2 Å². The first-order valence-electron chi connectivity index (χ1n) is 6.91. The third-order valence-corrected chi connectivity index (χ3v) is 5.19. The van der Waals surface area contributed by atoms with Gasteiger partial charge in [0.2, 0.25) is 0 Å². The average Bonchev–Trinajstić information content (AvgIpc) is 3.10. The van der Waals surface area contributed by atoms with Crippen molar-refractivity contribution >= 4 is 44.0 Å². The number of hydrogen-bond donors (Lipinski definition) is 1. The van der Waals surface area contributed by atoms with Crippen LogP contribution in [-0.4, -0.2) is 19.7 Å². The lowest BCUT2D eigenvalue weighted by Crippen LogP contribution is -2.33. The first-order valence-corrected chi connectivity index (χ1v) is 8.52. The topological polar surface area (TPSA) is 41.6 Å². The number of fused-ring (bicyclic) bond motifs is 1. The number of carbonyl (C=O) groups is 1. The summed E-state index contributed by atoms with van der Waals surface area (Å²) in [7, 11) is 1.20. The second-order valence-electron chi connectivity index (χ2n) is 5.11. The molecular weight excluding hydrogens is 409 g/mol. The van der Waals surface area contributed by atoms with Crippen molar-refractivity contribution in [2.24, 2.45) is 0 Å². The first-order chi connectivity index (χ1) is 11.3. The molecule has 1 aromatic carbocycles. The van der Waals surface area contributed by atoms with Gasteiger partial charge in [-0.2, -0.15) is 13.2 Å². The van der Waals surface area contributed by atoms with Crippen molar-refractivity contribution in [1.82, 2.24) is 0 Å². The van der Waals surface area contributed by atoms with Crippen molar-refractivity contribution in [1.29, 1.82) is 0 Å². The van der Waals surface area contributed by atoms with E-state index in [9.17, 15) is 18.0 Å². The number of benzene rings is 1. The van der Waals surface area contributed by atoms with Gasteiger partial charge in [-0.3, -0.25) is 10.2 Å². The number of anilines is 2. The number of alkyl halides is 3. The van der Waals surface area contributed by atoms with E-state index in [1.165, 1.54) is 29.4 Å². The Hall–Kier alpha value is -1.74. The number of halogens is 4. The fourth-order valence-corrected chi connectivity index (χ4v) is 3.85. The number of thiophene rings is 1. The van der Waals surface area contributed by atoms with E-state index in [2.05, 4.69) is 21.2 Å². The van der Waals surface area contributed by atoms with Gasteiger partial charge < -0.3 is 4.74 Å². The first kappa shape index (κ1) is 17.1. The molecule has 24 heavy (non-hydrogen) atoms. The van der Waals surface area contributed by atoms with Crippen molar-refractivity contribution < 1.29 is 22.7 Å². The lowest BCUT2D eigenvalue weighted by atomic mass is 10.1. The van der Waals surface area contributed by atoms with Crippen LogP contribution in [-0.2, 0) is 12.6 Å². The van der Waals surface area contributed by atoms with E-state index in [1.807, 2.05) is 0 Å². The molecule has 0 aliphatic carbocycles. The van der Waals surface area contributed by atoms with Crippen LogP contribution >= 0.6 is 27.3 Å². The van der Waals surface area contributed by atoms with E-state index < -0.39 is 17.8 Å². The number of methoxy groups -OCH3 is 1. The highest BCUT2D eigenvalue weighted by molar-refractivity contribution is 9.11. The molecule has 0 bridgehead atoms. The highest BCUT2D eigenvalue weighted by Gasteiger charge is 2.37.